The summed E-state index contributed by atoms with van der Waals surface area (Å²) >= 11 is 0. The SMILES string of the molecule is N[C@H](Cc1ccncc1)c1cccc2c1OCO2. The molecule has 18 heavy (non-hydrogen) atoms. The van der Waals surface area contributed by atoms with Gasteiger partial charge in [-0.15, -0.1) is 0 Å². The van der Waals surface area contributed by atoms with Crippen molar-refractivity contribution in [3.8, 4) is 11.5 Å². The number of benzene rings is 1. The van der Waals surface area contributed by atoms with E-state index in [1.54, 1.807) is 12.4 Å². The number of hydrogen-bond donors (Lipinski definition) is 1. The Hall–Kier alpha value is -2.07. The molecule has 3 rings (SSSR count). The van der Waals surface area contributed by atoms with Crippen molar-refractivity contribution >= 4 is 0 Å². The van der Waals surface area contributed by atoms with Crippen molar-refractivity contribution < 1.29 is 9.47 Å². The standard InChI is InChI=1S/C14H14N2O2/c15-12(8-10-4-6-16-7-5-10)11-2-1-3-13-14(11)18-9-17-13/h1-7,12H,8-9,15H2/t12-/m1/s1. The molecule has 1 atom stereocenters. The van der Waals surface area contributed by atoms with Gasteiger partial charge in [-0.1, -0.05) is 12.1 Å². The minimum absolute atomic E-state index is 0.107. The highest BCUT2D eigenvalue weighted by Crippen LogP contribution is 2.38. The summed E-state index contributed by atoms with van der Waals surface area (Å²) in [5.41, 5.74) is 8.39. The van der Waals surface area contributed by atoms with Crippen LogP contribution in [0.5, 0.6) is 11.5 Å². The first-order valence-corrected chi connectivity index (χ1v) is 5.87. The molecule has 2 N–H and O–H groups in total. The van der Waals surface area contributed by atoms with Crippen LogP contribution >= 0.6 is 0 Å². The first-order chi connectivity index (χ1) is 8.84. The van der Waals surface area contributed by atoms with E-state index in [0.717, 1.165) is 29.0 Å². The number of aromatic nitrogens is 1. The summed E-state index contributed by atoms with van der Waals surface area (Å²) in [4.78, 5) is 4.00. The molecule has 2 aromatic rings. The number of nitrogens with two attached hydrogens (primary N) is 1. The van der Waals surface area contributed by atoms with Gasteiger partial charge in [0, 0.05) is 24.0 Å². The Labute approximate surface area is 105 Å². The summed E-state index contributed by atoms with van der Waals surface area (Å²) in [6, 6.07) is 9.66. The van der Waals surface area contributed by atoms with Crippen LogP contribution in [-0.2, 0) is 6.42 Å². The van der Waals surface area contributed by atoms with Crippen molar-refractivity contribution in [3.63, 3.8) is 0 Å². The molecule has 4 nitrogen and oxygen atoms in total. The number of nitrogens with zero attached hydrogens (tertiary/aromatic N) is 1. The molecule has 2 heterocycles. The van der Waals surface area contributed by atoms with Crippen molar-refractivity contribution in [2.24, 2.45) is 5.73 Å². The van der Waals surface area contributed by atoms with Crippen molar-refractivity contribution in [1.82, 2.24) is 4.98 Å². The van der Waals surface area contributed by atoms with Gasteiger partial charge < -0.3 is 15.2 Å². The molecule has 0 saturated carbocycles. The van der Waals surface area contributed by atoms with Gasteiger partial charge >= 0.3 is 0 Å². The minimum atomic E-state index is -0.107. The molecule has 0 spiro atoms. The highest BCUT2D eigenvalue weighted by molar-refractivity contribution is 5.49. The molecule has 0 amide bonds. The molecule has 4 heteroatoms. The van der Waals surface area contributed by atoms with E-state index in [4.69, 9.17) is 15.2 Å². The van der Waals surface area contributed by atoms with E-state index in [9.17, 15) is 0 Å². The van der Waals surface area contributed by atoms with E-state index in [2.05, 4.69) is 4.98 Å². The quantitative estimate of drug-likeness (QED) is 0.895. The largest absolute Gasteiger partial charge is 0.454 e. The zero-order chi connectivity index (χ0) is 12.4. The summed E-state index contributed by atoms with van der Waals surface area (Å²) in [6.45, 7) is 0.272. The van der Waals surface area contributed by atoms with Crippen LogP contribution in [0.4, 0.5) is 0 Å². The van der Waals surface area contributed by atoms with Crippen molar-refractivity contribution in [2.45, 2.75) is 12.5 Å². The Morgan fingerprint density at radius 2 is 2.00 bits per heavy atom. The molecule has 0 radical (unpaired) electrons. The van der Waals surface area contributed by atoms with Gasteiger partial charge in [0.1, 0.15) is 0 Å². The fraction of sp³-hybridized carbons (Fsp3) is 0.214. The van der Waals surface area contributed by atoms with Crippen LogP contribution in [0.25, 0.3) is 0 Å². The summed E-state index contributed by atoms with van der Waals surface area (Å²) in [5.74, 6) is 1.55. The highest BCUT2D eigenvalue weighted by atomic mass is 16.7. The van der Waals surface area contributed by atoms with Gasteiger partial charge in [-0.2, -0.15) is 0 Å². The normalized spacial score (nSPS) is 14.5. The van der Waals surface area contributed by atoms with E-state index in [0.29, 0.717) is 0 Å². The summed E-state index contributed by atoms with van der Waals surface area (Å²) < 4.78 is 10.8. The number of ether oxygens (including phenoxy) is 2. The monoisotopic (exact) mass is 242 g/mol. The molecule has 1 aliphatic heterocycles. The Morgan fingerprint density at radius 3 is 2.83 bits per heavy atom. The van der Waals surface area contributed by atoms with Crippen LogP contribution < -0.4 is 15.2 Å². The zero-order valence-corrected chi connectivity index (χ0v) is 9.87. The maximum atomic E-state index is 6.24. The third-order valence-electron chi connectivity index (χ3n) is 3.03. The molecule has 0 unspecified atom stereocenters. The van der Waals surface area contributed by atoms with Crippen LogP contribution in [0.2, 0.25) is 0 Å². The Bertz CT molecular complexity index is 543. The Morgan fingerprint density at radius 1 is 1.17 bits per heavy atom. The fourth-order valence-corrected chi connectivity index (χ4v) is 2.13. The number of pyridine rings is 1. The Balaban J connectivity index is 1.85. The first-order valence-electron chi connectivity index (χ1n) is 5.87. The van der Waals surface area contributed by atoms with Crippen LogP contribution in [0.15, 0.2) is 42.7 Å². The van der Waals surface area contributed by atoms with Crippen LogP contribution in [0.1, 0.15) is 17.2 Å². The number of rotatable bonds is 3. The second-order valence-corrected chi connectivity index (χ2v) is 4.25. The summed E-state index contributed by atoms with van der Waals surface area (Å²) in [6.07, 6.45) is 4.30. The fourth-order valence-electron chi connectivity index (χ4n) is 2.13. The molecule has 0 fully saturated rings. The number of para-hydroxylation sites is 1. The second kappa shape index (κ2) is 4.66. The van der Waals surface area contributed by atoms with Gasteiger partial charge in [-0.05, 0) is 30.2 Å². The lowest BCUT2D eigenvalue weighted by Gasteiger charge is -2.14. The van der Waals surface area contributed by atoms with Crippen LogP contribution in [0, 0.1) is 0 Å². The van der Waals surface area contributed by atoms with E-state index in [-0.39, 0.29) is 12.8 Å². The molecule has 92 valence electrons. The number of fused-ring (bicyclic) bond motifs is 1. The van der Waals surface area contributed by atoms with Gasteiger partial charge in [0.15, 0.2) is 11.5 Å². The maximum Gasteiger partial charge on any atom is 0.231 e. The van der Waals surface area contributed by atoms with Gasteiger partial charge in [-0.3, -0.25) is 4.98 Å². The lowest BCUT2D eigenvalue weighted by molar-refractivity contribution is 0.173. The van der Waals surface area contributed by atoms with E-state index in [1.807, 2.05) is 30.3 Å². The average Bonchev–Trinajstić information content (AvgIpc) is 2.87. The molecule has 1 aromatic carbocycles. The van der Waals surface area contributed by atoms with Gasteiger partial charge in [0.2, 0.25) is 6.79 Å². The maximum absolute atomic E-state index is 6.24. The summed E-state index contributed by atoms with van der Waals surface area (Å²) in [7, 11) is 0. The zero-order valence-electron chi connectivity index (χ0n) is 9.87. The van der Waals surface area contributed by atoms with Crippen LogP contribution in [0.3, 0.4) is 0 Å². The third-order valence-corrected chi connectivity index (χ3v) is 3.03. The smallest absolute Gasteiger partial charge is 0.231 e. The van der Waals surface area contributed by atoms with Crippen molar-refractivity contribution in [2.75, 3.05) is 6.79 Å². The molecule has 1 aliphatic rings. The topological polar surface area (TPSA) is 57.4 Å². The van der Waals surface area contributed by atoms with Gasteiger partial charge in [0.25, 0.3) is 0 Å². The van der Waals surface area contributed by atoms with Crippen LogP contribution in [-0.4, -0.2) is 11.8 Å². The molecular weight excluding hydrogens is 228 g/mol. The number of hydrogen-bond acceptors (Lipinski definition) is 4. The highest BCUT2D eigenvalue weighted by Gasteiger charge is 2.21. The van der Waals surface area contributed by atoms with Crippen molar-refractivity contribution in [1.29, 1.82) is 0 Å². The lowest BCUT2D eigenvalue weighted by Crippen LogP contribution is -2.14. The predicted molar refractivity (Wildman–Crippen MR) is 67.4 cm³/mol. The van der Waals surface area contributed by atoms with E-state index >= 15 is 0 Å². The molecule has 0 aliphatic carbocycles. The molecule has 0 saturated heterocycles. The van der Waals surface area contributed by atoms with E-state index < -0.39 is 0 Å². The van der Waals surface area contributed by atoms with Gasteiger partial charge in [0.05, 0.1) is 0 Å². The predicted octanol–water partition coefficient (Wildman–Crippen LogP) is 2.05. The Kier molecular flexibility index (Phi) is 2.86. The van der Waals surface area contributed by atoms with Gasteiger partial charge in [-0.25, -0.2) is 0 Å². The molecular formula is C14H14N2O2. The lowest BCUT2D eigenvalue weighted by atomic mass is 9.99. The third kappa shape index (κ3) is 2.02. The first kappa shape index (κ1) is 11.0. The average molecular weight is 242 g/mol. The van der Waals surface area contributed by atoms with Crippen molar-refractivity contribution in [3.05, 3.63) is 53.9 Å². The minimum Gasteiger partial charge on any atom is -0.454 e. The second-order valence-electron chi connectivity index (χ2n) is 4.25. The summed E-state index contributed by atoms with van der Waals surface area (Å²) in [5, 5.41) is 0. The molecule has 0 bridgehead atoms. The van der Waals surface area contributed by atoms with E-state index in [1.165, 1.54) is 0 Å². The molecule has 1 aromatic heterocycles.